The maximum absolute atomic E-state index is 13.7. The summed E-state index contributed by atoms with van der Waals surface area (Å²) >= 11 is 0. The van der Waals surface area contributed by atoms with Crippen LogP contribution in [0.25, 0.3) is 11.1 Å². The van der Waals surface area contributed by atoms with Crippen LogP contribution in [0, 0.1) is 5.82 Å². The van der Waals surface area contributed by atoms with Crippen LogP contribution in [-0.4, -0.2) is 31.8 Å². The third kappa shape index (κ3) is 4.62. The molecule has 1 atom stereocenters. The van der Waals surface area contributed by atoms with Gasteiger partial charge in [0.05, 0.1) is 12.0 Å². The molecule has 7 nitrogen and oxygen atoms in total. The Bertz CT molecular complexity index is 1150. The monoisotopic (exact) mass is 417 g/mol. The summed E-state index contributed by atoms with van der Waals surface area (Å²) in [4.78, 5) is 8.20. The van der Waals surface area contributed by atoms with Gasteiger partial charge < -0.3 is 15.2 Å². The first-order chi connectivity index (χ1) is 13.7. The smallest absolute Gasteiger partial charge is 0.177 e. The standard InChI is InChI=1S/C20H20FN3O4S/c1-12(17-8-15(21)4-5-18(17)27-2)28-19-7-14(10-24-20(19)22)13-6-16(11-23-9-13)29(3,25)26/h4-12H,1-3H3,(H2,22,24). The first-order valence-electron chi connectivity index (χ1n) is 8.60. The average molecular weight is 417 g/mol. The second-order valence-electron chi connectivity index (χ2n) is 6.44. The molecule has 2 heterocycles. The number of pyridine rings is 2. The highest BCUT2D eigenvalue weighted by Crippen LogP contribution is 2.34. The molecule has 29 heavy (non-hydrogen) atoms. The maximum Gasteiger partial charge on any atom is 0.177 e. The number of nitrogen functional groups attached to an aromatic ring is 1. The average Bonchev–Trinajstić information content (AvgIpc) is 2.69. The van der Waals surface area contributed by atoms with E-state index in [0.29, 0.717) is 22.4 Å². The zero-order valence-electron chi connectivity index (χ0n) is 16.1. The van der Waals surface area contributed by atoms with Gasteiger partial charge in [0.2, 0.25) is 0 Å². The number of halogens is 1. The molecule has 2 N–H and O–H groups in total. The van der Waals surface area contributed by atoms with E-state index in [1.165, 1.54) is 50.0 Å². The van der Waals surface area contributed by atoms with Gasteiger partial charge in [-0.1, -0.05) is 0 Å². The molecule has 2 aromatic heterocycles. The molecule has 0 amide bonds. The summed E-state index contributed by atoms with van der Waals surface area (Å²) in [6.45, 7) is 1.73. The van der Waals surface area contributed by atoms with Gasteiger partial charge in [-0.05, 0) is 37.3 Å². The predicted molar refractivity (Wildman–Crippen MR) is 107 cm³/mol. The van der Waals surface area contributed by atoms with E-state index in [2.05, 4.69) is 9.97 Å². The molecule has 0 fully saturated rings. The Morgan fingerprint density at radius 1 is 1.07 bits per heavy atom. The third-order valence-electron chi connectivity index (χ3n) is 4.29. The van der Waals surface area contributed by atoms with Crippen LogP contribution in [0.15, 0.2) is 53.8 Å². The van der Waals surface area contributed by atoms with E-state index in [9.17, 15) is 12.8 Å². The van der Waals surface area contributed by atoms with Gasteiger partial charge in [0.25, 0.3) is 0 Å². The molecule has 1 aromatic carbocycles. The van der Waals surface area contributed by atoms with Crippen LogP contribution in [-0.2, 0) is 9.84 Å². The maximum atomic E-state index is 13.7. The molecule has 0 bridgehead atoms. The van der Waals surface area contributed by atoms with Crippen LogP contribution in [0.3, 0.4) is 0 Å². The summed E-state index contributed by atoms with van der Waals surface area (Å²) in [7, 11) is -1.92. The molecule has 3 aromatic rings. The van der Waals surface area contributed by atoms with Crippen molar-refractivity contribution in [3.05, 3.63) is 60.3 Å². The molecular formula is C20H20FN3O4S. The number of nitrogens with two attached hydrogens (primary N) is 1. The van der Waals surface area contributed by atoms with E-state index in [0.717, 1.165) is 6.26 Å². The molecular weight excluding hydrogens is 397 g/mol. The highest BCUT2D eigenvalue weighted by molar-refractivity contribution is 7.90. The highest BCUT2D eigenvalue weighted by atomic mass is 32.2. The van der Waals surface area contributed by atoms with Crippen LogP contribution in [0.1, 0.15) is 18.6 Å². The molecule has 1 unspecified atom stereocenters. The molecule has 3 rings (SSSR count). The normalized spacial score (nSPS) is 12.4. The Kier molecular flexibility index (Phi) is 5.69. The minimum Gasteiger partial charge on any atom is -0.496 e. The molecule has 0 aliphatic rings. The molecule has 0 spiro atoms. The lowest BCUT2D eigenvalue weighted by atomic mass is 10.1. The summed E-state index contributed by atoms with van der Waals surface area (Å²) in [5.41, 5.74) is 7.57. The molecule has 0 saturated carbocycles. The van der Waals surface area contributed by atoms with Gasteiger partial charge in [-0.3, -0.25) is 4.98 Å². The lowest BCUT2D eigenvalue weighted by Crippen LogP contribution is -2.08. The van der Waals surface area contributed by atoms with Crippen LogP contribution in [0.5, 0.6) is 11.5 Å². The first kappa shape index (κ1) is 20.5. The highest BCUT2D eigenvalue weighted by Gasteiger charge is 2.17. The predicted octanol–water partition coefficient (Wildman–Crippen LogP) is 3.42. The van der Waals surface area contributed by atoms with E-state index in [1.54, 1.807) is 13.0 Å². The Morgan fingerprint density at radius 3 is 2.48 bits per heavy atom. The minimum atomic E-state index is -3.41. The molecule has 9 heteroatoms. The van der Waals surface area contributed by atoms with E-state index >= 15 is 0 Å². The van der Waals surface area contributed by atoms with Crippen LogP contribution < -0.4 is 15.2 Å². The zero-order chi connectivity index (χ0) is 21.2. The third-order valence-corrected chi connectivity index (χ3v) is 5.37. The molecule has 0 aliphatic carbocycles. The first-order valence-corrected chi connectivity index (χ1v) is 10.5. The van der Waals surface area contributed by atoms with E-state index in [1.807, 2.05) is 0 Å². The fourth-order valence-corrected chi connectivity index (χ4v) is 3.36. The van der Waals surface area contributed by atoms with Gasteiger partial charge in [0.15, 0.2) is 21.4 Å². The van der Waals surface area contributed by atoms with Crippen molar-refractivity contribution >= 4 is 15.7 Å². The van der Waals surface area contributed by atoms with Crippen molar-refractivity contribution in [1.82, 2.24) is 9.97 Å². The molecule has 0 radical (unpaired) electrons. The Hall–Kier alpha value is -3.20. The summed E-state index contributed by atoms with van der Waals surface area (Å²) in [6, 6.07) is 7.28. The summed E-state index contributed by atoms with van der Waals surface area (Å²) in [5, 5.41) is 0. The van der Waals surface area contributed by atoms with E-state index in [-0.39, 0.29) is 16.5 Å². The topological polar surface area (TPSA) is 104 Å². The van der Waals surface area contributed by atoms with Crippen molar-refractivity contribution < 1.29 is 22.3 Å². The minimum absolute atomic E-state index is 0.0900. The number of anilines is 1. The van der Waals surface area contributed by atoms with Gasteiger partial charge in [-0.25, -0.2) is 17.8 Å². The summed E-state index contributed by atoms with van der Waals surface area (Å²) in [5.74, 6) is 0.473. The van der Waals surface area contributed by atoms with Crippen LogP contribution in [0.4, 0.5) is 10.2 Å². The largest absolute Gasteiger partial charge is 0.496 e. The van der Waals surface area contributed by atoms with Gasteiger partial charge in [-0.2, -0.15) is 0 Å². The number of sulfone groups is 1. The van der Waals surface area contributed by atoms with Crippen molar-refractivity contribution in [3.8, 4) is 22.6 Å². The van der Waals surface area contributed by atoms with Crippen molar-refractivity contribution in [2.24, 2.45) is 0 Å². The van der Waals surface area contributed by atoms with Crippen molar-refractivity contribution in [3.63, 3.8) is 0 Å². The number of hydrogen-bond acceptors (Lipinski definition) is 7. The number of methoxy groups -OCH3 is 1. The fourth-order valence-electron chi connectivity index (χ4n) is 2.76. The van der Waals surface area contributed by atoms with Gasteiger partial charge in [0, 0.05) is 41.5 Å². The summed E-state index contributed by atoms with van der Waals surface area (Å²) < 4.78 is 48.4. The number of ether oxygens (including phenoxy) is 2. The number of rotatable bonds is 6. The van der Waals surface area contributed by atoms with Crippen LogP contribution >= 0.6 is 0 Å². The Morgan fingerprint density at radius 2 is 1.79 bits per heavy atom. The fraction of sp³-hybridized carbons (Fsp3) is 0.200. The second kappa shape index (κ2) is 8.04. The van der Waals surface area contributed by atoms with E-state index in [4.69, 9.17) is 15.2 Å². The number of nitrogens with zero attached hydrogens (tertiary/aromatic N) is 2. The number of hydrogen-bond donors (Lipinski definition) is 1. The van der Waals surface area contributed by atoms with E-state index < -0.39 is 21.8 Å². The summed E-state index contributed by atoms with van der Waals surface area (Å²) in [6.07, 6.45) is 4.82. The van der Waals surface area contributed by atoms with Crippen molar-refractivity contribution in [2.75, 3.05) is 19.1 Å². The molecule has 0 saturated heterocycles. The lowest BCUT2D eigenvalue weighted by Gasteiger charge is -2.19. The zero-order valence-corrected chi connectivity index (χ0v) is 16.9. The molecule has 152 valence electrons. The second-order valence-corrected chi connectivity index (χ2v) is 8.45. The van der Waals surface area contributed by atoms with Crippen molar-refractivity contribution in [1.29, 1.82) is 0 Å². The number of benzene rings is 1. The van der Waals surface area contributed by atoms with Gasteiger partial charge in [0.1, 0.15) is 17.7 Å². The Balaban J connectivity index is 1.96. The van der Waals surface area contributed by atoms with Crippen molar-refractivity contribution in [2.45, 2.75) is 17.9 Å². The van der Waals surface area contributed by atoms with Gasteiger partial charge in [-0.15, -0.1) is 0 Å². The SMILES string of the molecule is COc1ccc(F)cc1C(C)Oc1cc(-c2cncc(S(C)(=O)=O)c2)cnc1N. The molecule has 0 aliphatic heterocycles. The number of aromatic nitrogens is 2. The van der Waals surface area contributed by atoms with Gasteiger partial charge >= 0.3 is 0 Å². The quantitative estimate of drug-likeness (QED) is 0.655. The lowest BCUT2D eigenvalue weighted by molar-refractivity contribution is 0.221. The van der Waals surface area contributed by atoms with Crippen LogP contribution in [0.2, 0.25) is 0 Å². The Labute approximate surface area is 168 Å².